The molecule has 1 aromatic carbocycles. The molecule has 0 spiro atoms. The Bertz CT molecular complexity index is 659. The highest BCUT2D eigenvalue weighted by Gasteiger charge is 2.48. The maximum absolute atomic E-state index is 13.0. The van der Waals surface area contributed by atoms with Crippen LogP contribution in [-0.4, -0.2) is 56.5 Å². The van der Waals surface area contributed by atoms with E-state index in [1.807, 2.05) is 0 Å². The molecule has 6 nitrogen and oxygen atoms in total. The lowest BCUT2D eigenvalue weighted by Crippen LogP contribution is -2.56. The fourth-order valence-electron chi connectivity index (χ4n) is 2.54. The first-order valence-electron chi connectivity index (χ1n) is 7.19. The van der Waals surface area contributed by atoms with Gasteiger partial charge < -0.3 is 9.47 Å². The average molecular weight is 359 g/mol. The van der Waals surface area contributed by atoms with Crippen LogP contribution in [0.1, 0.15) is 13.3 Å². The summed E-state index contributed by atoms with van der Waals surface area (Å²) in [5.41, 5.74) is -1.21. The minimum absolute atomic E-state index is 0.139. The fourth-order valence-corrected chi connectivity index (χ4v) is 5.54. The number of thioether (sulfide) groups is 1. The predicted octanol–water partition coefficient (Wildman–Crippen LogP) is 1.75. The summed E-state index contributed by atoms with van der Waals surface area (Å²) in [4.78, 5) is 12.4. The molecule has 1 aliphatic heterocycles. The molecule has 2 rings (SSSR count). The number of esters is 1. The van der Waals surface area contributed by atoms with E-state index in [1.54, 1.807) is 30.8 Å². The Kier molecular flexibility index (Phi) is 5.59. The number of rotatable bonds is 4. The van der Waals surface area contributed by atoms with Crippen molar-refractivity contribution in [3.05, 3.63) is 24.3 Å². The summed E-state index contributed by atoms with van der Waals surface area (Å²) in [5, 5.41) is 0. The van der Waals surface area contributed by atoms with Crippen molar-refractivity contribution in [1.29, 1.82) is 0 Å². The Morgan fingerprint density at radius 1 is 1.26 bits per heavy atom. The third kappa shape index (κ3) is 3.49. The van der Waals surface area contributed by atoms with Gasteiger partial charge in [-0.05, 0) is 43.4 Å². The van der Waals surface area contributed by atoms with Crippen LogP contribution < -0.4 is 4.74 Å². The number of sulfonamides is 1. The maximum atomic E-state index is 13.0. The van der Waals surface area contributed by atoms with E-state index in [9.17, 15) is 13.2 Å². The van der Waals surface area contributed by atoms with E-state index < -0.39 is 21.5 Å². The van der Waals surface area contributed by atoms with Crippen LogP contribution in [0.5, 0.6) is 5.75 Å². The van der Waals surface area contributed by atoms with Crippen molar-refractivity contribution in [3.63, 3.8) is 0 Å². The molecule has 0 aromatic heterocycles. The lowest BCUT2D eigenvalue weighted by molar-refractivity contribution is -0.149. The van der Waals surface area contributed by atoms with Crippen LogP contribution in [0.4, 0.5) is 0 Å². The molecule has 23 heavy (non-hydrogen) atoms. The molecule has 0 N–H and O–H groups in total. The highest BCUT2D eigenvalue weighted by molar-refractivity contribution is 7.99. The zero-order valence-corrected chi connectivity index (χ0v) is 15.1. The van der Waals surface area contributed by atoms with Crippen LogP contribution in [0, 0.1) is 0 Å². The van der Waals surface area contributed by atoms with E-state index in [-0.39, 0.29) is 11.4 Å². The maximum Gasteiger partial charge on any atom is 0.327 e. The molecule has 128 valence electrons. The summed E-state index contributed by atoms with van der Waals surface area (Å²) in [6.45, 7) is 1.91. The lowest BCUT2D eigenvalue weighted by Gasteiger charge is -2.35. The molecule has 0 aliphatic carbocycles. The molecule has 0 amide bonds. The van der Waals surface area contributed by atoms with Crippen LogP contribution >= 0.6 is 11.8 Å². The Hall–Kier alpha value is -1.25. The quantitative estimate of drug-likeness (QED) is 0.763. The van der Waals surface area contributed by atoms with Gasteiger partial charge in [-0.25, -0.2) is 13.2 Å². The molecular formula is C15H21NO5S2. The molecule has 0 saturated carbocycles. The van der Waals surface area contributed by atoms with Gasteiger partial charge in [0.05, 0.1) is 19.1 Å². The molecule has 1 heterocycles. The monoisotopic (exact) mass is 359 g/mol. The summed E-state index contributed by atoms with van der Waals surface area (Å²) in [6.07, 6.45) is 0.687. The number of benzene rings is 1. The molecule has 0 radical (unpaired) electrons. The first kappa shape index (κ1) is 18.1. The van der Waals surface area contributed by atoms with E-state index in [4.69, 9.17) is 9.47 Å². The summed E-state index contributed by atoms with van der Waals surface area (Å²) in [7, 11) is -1.01. The SMILES string of the molecule is COC(=O)[C@@]1(C)CSCCCN1S(=O)(=O)c1ccc(OC)cc1. The molecular weight excluding hydrogens is 338 g/mol. The molecule has 1 aromatic rings. The Balaban J connectivity index is 2.46. The van der Waals surface area contributed by atoms with Crippen molar-refractivity contribution in [1.82, 2.24) is 4.31 Å². The van der Waals surface area contributed by atoms with Gasteiger partial charge in [0.2, 0.25) is 10.0 Å². The Morgan fingerprint density at radius 2 is 1.91 bits per heavy atom. The summed E-state index contributed by atoms with van der Waals surface area (Å²) in [5.74, 6) is 1.21. The number of methoxy groups -OCH3 is 2. The van der Waals surface area contributed by atoms with Crippen LogP contribution in [-0.2, 0) is 19.6 Å². The molecule has 0 bridgehead atoms. The van der Waals surface area contributed by atoms with Gasteiger partial charge in [0.15, 0.2) is 0 Å². The van der Waals surface area contributed by atoms with E-state index in [0.29, 0.717) is 17.9 Å². The van der Waals surface area contributed by atoms with Crippen molar-refractivity contribution in [2.75, 3.05) is 32.3 Å². The number of carbonyl (C=O) groups is 1. The zero-order chi connectivity index (χ0) is 17.1. The smallest absolute Gasteiger partial charge is 0.327 e. The van der Waals surface area contributed by atoms with Crippen LogP contribution in [0.15, 0.2) is 29.2 Å². The normalized spacial score (nSPS) is 23.1. The lowest BCUT2D eigenvalue weighted by atomic mass is 10.1. The van der Waals surface area contributed by atoms with Crippen LogP contribution in [0.2, 0.25) is 0 Å². The summed E-state index contributed by atoms with van der Waals surface area (Å²) < 4.78 is 37.3. The van der Waals surface area contributed by atoms with Crippen molar-refractivity contribution in [2.24, 2.45) is 0 Å². The van der Waals surface area contributed by atoms with Gasteiger partial charge in [0.25, 0.3) is 0 Å². The first-order valence-corrected chi connectivity index (χ1v) is 9.79. The van der Waals surface area contributed by atoms with Gasteiger partial charge in [-0.3, -0.25) is 0 Å². The molecule has 8 heteroatoms. The van der Waals surface area contributed by atoms with E-state index >= 15 is 0 Å². The largest absolute Gasteiger partial charge is 0.497 e. The molecule has 0 unspecified atom stereocenters. The Morgan fingerprint density at radius 3 is 2.48 bits per heavy atom. The number of hydrogen-bond acceptors (Lipinski definition) is 6. The average Bonchev–Trinajstić information content (AvgIpc) is 2.77. The van der Waals surface area contributed by atoms with Gasteiger partial charge in [0.1, 0.15) is 11.3 Å². The van der Waals surface area contributed by atoms with E-state index in [2.05, 4.69) is 0 Å². The highest BCUT2D eigenvalue weighted by atomic mass is 32.2. The topological polar surface area (TPSA) is 72.9 Å². The Labute approximate surface area is 141 Å². The van der Waals surface area contributed by atoms with Crippen molar-refractivity contribution < 1.29 is 22.7 Å². The van der Waals surface area contributed by atoms with E-state index in [0.717, 1.165) is 5.75 Å². The molecule has 1 aliphatic rings. The van der Waals surface area contributed by atoms with Crippen LogP contribution in [0.3, 0.4) is 0 Å². The van der Waals surface area contributed by atoms with Crippen molar-refractivity contribution in [3.8, 4) is 5.75 Å². The number of hydrogen-bond donors (Lipinski definition) is 0. The number of nitrogens with zero attached hydrogens (tertiary/aromatic N) is 1. The third-order valence-electron chi connectivity index (χ3n) is 3.86. The van der Waals surface area contributed by atoms with Crippen molar-refractivity contribution in [2.45, 2.75) is 23.8 Å². The van der Waals surface area contributed by atoms with E-state index in [1.165, 1.54) is 30.7 Å². The molecule has 1 saturated heterocycles. The number of ether oxygens (including phenoxy) is 2. The second kappa shape index (κ2) is 7.11. The predicted molar refractivity (Wildman–Crippen MR) is 89.2 cm³/mol. The standard InChI is InChI=1S/C15H21NO5S2/c1-15(14(17)21-3)11-22-10-4-9-16(15)23(18,19)13-7-5-12(20-2)6-8-13/h5-8H,4,9-11H2,1-3H3/t15-/m1/s1. The van der Waals surface area contributed by atoms with Gasteiger partial charge >= 0.3 is 5.97 Å². The zero-order valence-electron chi connectivity index (χ0n) is 13.4. The summed E-state index contributed by atoms with van der Waals surface area (Å²) in [6, 6.07) is 6.16. The fraction of sp³-hybridized carbons (Fsp3) is 0.533. The first-order chi connectivity index (χ1) is 10.9. The minimum atomic E-state index is -3.81. The third-order valence-corrected chi connectivity index (χ3v) is 7.23. The van der Waals surface area contributed by atoms with Gasteiger partial charge in [-0.1, -0.05) is 0 Å². The second-order valence-corrected chi connectivity index (χ2v) is 8.39. The summed E-state index contributed by atoms with van der Waals surface area (Å²) >= 11 is 1.56. The highest BCUT2D eigenvalue weighted by Crippen LogP contribution is 2.32. The number of carbonyl (C=O) groups excluding carboxylic acids is 1. The van der Waals surface area contributed by atoms with Gasteiger partial charge in [0, 0.05) is 12.3 Å². The van der Waals surface area contributed by atoms with Crippen molar-refractivity contribution >= 4 is 27.8 Å². The molecule has 1 atom stereocenters. The minimum Gasteiger partial charge on any atom is -0.497 e. The van der Waals surface area contributed by atoms with Crippen LogP contribution in [0.25, 0.3) is 0 Å². The second-order valence-electron chi connectivity index (χ2n) is 5.42. The van der Waals surface area contributed by atoms with Gasteiger partial charge in [-0.15, -0.1) is 0 Å². The molecule has 1 fully saturated rings. The van der Waals surface area contributed by atoms with Gasteiger partial charge in [-0.2, -0.15) is 16.1 Å².